The zero-order valence-corrected chi connectivity index (χ0v) is 9.86. The van der Waals surface area contributed by atoms with E-state index in [0.717, 1.165) is 6.42 Å². The number of rotatable bonds is 3. The number of nitrogens with two attached hydrogens (primary N) is 3. The predicted molar refractivity (Wildman–Crippen MR) is 61.4 cm³/mol. The van der Waals surface area contributed by atoms with Crippen molar-refractivity contribution in [1.29, 1.82) is 0 Å². The van der Waals surface area contributed by atoms with Crippen molar-refractivity contribution in [1.82, 2.24) is 16.3 Å². The lowest BCUT2D eigenvalue weighted by molar-refractivity contribution is -0.156. The molecule has 0 spiro atoms. The fraction of sp³-hybridized carbons (Fsp3) is 0.667. The monoisotopic (exact) mass is 258 g/mol. The van der Waals surface area contributed by atoms with E-state index in [4.69, 9.17) is 17.5 Å². The van der Waals surface area contributed by atoms with Crippen molar-refractivity contribution in [3.63, 3.8) is 0 Å². The van der Waals surface area contributed by atoms with Crippen LogP contribution in [0.25, 0.3) is 0 Å². The second kappa shape index (κ2) is 5.76. The van der Waals surface area contributed by atoms with E-state index in [2.05, 4.69) is 0 Å². The molecule has 1 atom stereocenters. The van der Waals surface area contributed by atoms with Crippen molar-refractivity contribution < 1.29 is 14.4 Å². The molecule has 1 aliphatic carbocycles. The molecule has 0 radical (unpaired) electrons. The third-order valence-corrected chi connectivity index (χ3v) is 3.44. The molecule has 0 aromatic carbocycles. The van der Waals surface area contributed by atoms with Crippen LogP contribution in [0, 0.1) is 11.3 Å². The fourth-order valence-electron chi connectivity index (χ4n) is 2.53. The molecule has 1 fully saturated rings. The zero-order valence-electron chi connectivity index (χ0n) is 9.86. The van der Waals surface area contributed by atoms with Gasteiger partial charge in [-0.25, -0.2) is 17.5 Å². The second-order valence-electron chi connectivity index (χ2n) is 4.23. The van der Waals surface area contributed by atoms with Crippen molar-refractivity contribution in [2.45, 2.75) is 25.7 Å². The minimum absolute atomic E-state index is 0.192. The van der Waals surface area contributed by atoms with Gasteiger partial charge in [0.25, 0.3) is 0 Å². The molecule has 0 bridgehead atoms. The Morgan fingerprint density at radius 2 is 1.50 bits per heavy atom. The van der Waals surface area contributed by atoms with Gasteiger partial charge in [0.1, 0.15) is 5.41 Å². The van der Waals surface area contributed by atoms with E-state index >= 15 is 0 Å². The van der Waals surface area contributed by atoms with Gasteiger partial charge in [0, 0.05) is 0 Å². The van der Waals surface area contributed by atoms with Crippen molar-refractivity contribution >= 4 is 17.7 Å². The van der Waals surface area contributed by atoms with Gasteiger partial charge in [0.05, 0.1) is 5.92 Å². The average molecular weight is 258 g/mol. The van der Waals surface area contributed by atoms with E-state index in [-0.39, 0.29) is 6.42 Å². The van der Waals surface area contributed by atoms with E-state index in [1.165, 1.54) is 0 Å². The first-order valence-electron chi connectivity index (χ1n) is 5.57. The molecule has 9 N–H and O–H groups in total. The van der Waals surface area contributed by atoms with E-state index in [1.807, 2.05) is 16.3 Å². The highest BCUT2D eigenvalue weighted by Crippen LogP contribution is 2.41. The van der Waals surface area contributed by atoms with Crippen molar-refractivity contribution in [2.24, 2.45) is 28.9 Å². The summed E-state index contributed by atoms with van der Waals surface area (Å²) in [6, 6.07) is 0. The van der Waals surface area contributed by atoms with Crippen molar-refractivity contribution in [2.75, 3.05) is 0 Å². The highest BCUT2D eigenvalue weighted by atomic mass is 16.2. The first-order valence-corrected chi connectivity index (χ1v) is 5.57. The lowest BCUT2D eigenvalue weighted by Gasteiger charge is -2.39. The smallest absolute Gasteiger partial charge is 0.250 e. The molecule has 0 aromatic heterocycles. The van der Waals surface area contributed by atoms with E-state index < -0.39 is 29.1 Å². The number of amides is 3. The van der Waals surface area contributed by atoms with E-state index in [9.17, 15) is 14.4 Å². The molecular weight excluding hydrogens is 240 g/mol. The van der Waals surface area contributed by atoms with Gasteiger partial charge in [0.2, 0.25) is 17.7 Å². The molecule has 18 heavy (non-hydrogen) atoms. The van der Waals surface area contributed by atoms with Gasteiger partial charge < -0.3 is 0 Å². The number of hydrogen-bond donors (Lipinski definition) is 6. The van der Waals surface area contributed by atoms with Crippen LogP contribution >= 0.6 is 0 Å². The van der Waals surface area contributed by atoms with Crippen molar-refractivity contribution in [3.05, 3.63) is 0 Å². The average Bonchev–Trinajstić information content (AvgIpc) is 2.44. The molecule has 1 aliphatic rings. The number of carbonyl (C=O) groups excluding carboxylic acids is 3. The molecule has 102 valence electrons. The van der Waals surface area contributed by atoms with Gasteiger partial charge in [-0.3, -0.25) is 30.7 Å². The Kier molecular flexibility index (Phi) is 4.59. The molecule has 0 saturated heterocycles. The summed E-state index contributed by atoms with van der Waals surface area (Å²) in [6.07, 6.45) is 1.89. The van der Waals surface area contributed by atoms with Crippen LogP contribution in [0.1, 0.15) is 25.7 Å². The lowest BCUT2D eigenvalue weighted by Crippen LogP contribution is -2.62. The van der Waals surface area contributed by atoms with E-state index in [1.54, 1.807) is 0 Å². The van der Waals surface area contributed by atoms with Crippen molar-refractivity contribution in [3.8, 4) is 0 Å². The molecular formula is C9H18N6O3. The molecule has 0 heterocycles. The maximum atomic E-state index is 11.9. The third-order valence-electron chi connectivity index (χ3n) is 3.44. The molecule has 3 amide bonds. The summed E-state index contributed by atoms with van der Waals surface area (Å²) < 4.78 is 0. The Morgan fingerprint density at radius 1 is 0.944 bits per heavy atom. The fourth-order valence-corrected chi connectivity index (χ4v) is 2.53. The highest BCUT2D eigenvalue weighted by molar-refractivity contribution is 6.08. The van der Waals surface area contributed by atoms with Crippen LogP contribution < -0.4 is 33.8 Å². The van der Waals surface area contributed by atoms with Gasteiger partial charge in [-0.2, -0.15) is 0 Å². The number of hydrogen-bond acceptors (Lipinski definition) is 6. The van der Waals surface area contributed by atoms with Crippen LogP contribution in [-0.4, -0.2) is 17.7 Å². The summed E-state index contributed by atoms with van der Waals surface area (Å²) >= 11 is 0. The summed E-state index contributed by atoms with van der Waals surface area (Å²) in [4.78, 5) is 35.6. The van der Waals surface area contributed by atoms with Gasteiger partial charge in [-0.05, 0) is 12.8 Å². The predicted octanol–water partition coefficient (Wildman–Crippen LogP) is -2.87. The molecule has 1 unspecified atom stereocenters. The van der Waals surface area contributed by atoms with Gasteiger partial charge >= 0.3 is 0 Å². The standard InChI is InChI=1S/C9H18N6O3/c10-13-6(16)5-3-1-2-4-9(5,7(17)14-11)8(18)15-12/h5H,1-4,10-12H2,(H,13,16)(H,14,17)(H,15,18). The molecule has 1 rings (SSSR count). The maximum absolute atomic E-state index is 11.9. The lowest BCUT2D eigenvalue weighted by atomic mass is 9.64. The minimum Gasteiger partial charge on any atom is -0.294 e. The highest BCUT2D eigenvalue weighted by Gasteiger charge is 2.55. The van der Waals surface area contributed by atoms with Crippen LogP contribution in [0.2, 0.25) is 0 Å². The maximum Gasteiger partial charge on any atom is 0.250 e. The molecule has 0 aliphatic heterocycles. The molecule has 1 saturated carbocycles. The summed E-state index contributed by atoms with van der Waals surface area (Å²) in [5.74, 6) is 12.3. The van der Waals surface area contributed by atoms with Crippen LogP contribution in [-0.2, 0) is 14.4 Å². The van der Waals surface area contributed by atoms with Crippen LogP contribution in [0.4, 0.5) is 0 Å². The van der Waals surface area contributed by atoms with Gasteiger partial charge in [-0.15, -0.1) is 0 Å². The Balaban J connectivity index is 3.22. The zero-order chi connectivity index (χ0) is 13.8. The minimum atomic E-state index is -1.61. The largest absolute Gasteiger partial charge is 0.294 e. The van der Waals surface area contributed by atoms with Crippen LogP contribution in [0.5, 0.6) is 0 Å². The first kappa shape index (κ1) is 14.4. The quantitative estimate of drug-likeness (QED) is 0.138. The third kappa shape index (κ3) is 2.15. The van der Waals surface area contributed by atoms with Gasteiger partial charge in [-0.1, -0.05) is 12.8 Å². The number of carbonyl (C=O) groups is 3. The summed E-state index contributed by atoms with van der Waals surface area (Å²) in [5, 5.41) is 0. The number of nitrogens with one attached hydrogen (secondary N) is 3. The van der Waals surface area contributed by atoms with Crippen LogP contribution in [0.15, 0.2) is 0 Å². The number of hydrazine groups is 3. The second-order valence-corrected chi connectivity index (χ2v) is 4.23. The molecule has 9 heteroatoms. The normalized spacial score (nSPS) is 21.8. The summed E-state index contributed by atoms with van der Waals surface area (Å²) in [6.45, 7) is 0. The van der Waals surface area contributed by atoms with E-state index in [0.29, 0.717) is 12.8 Å². The summed E-state index contributed by atoms with van der Waals surface area (Å²) in [5.41, 5.74) is 4.21. The summed E-state index contributed by atoms with van der Waals surface area (Å²) in [7, 11) is 0. The Hall–Kier alpha value is -1.71. The Morgan fingerprint density at radius 3 is 1.94 bits per heavy atom. The topological polar surface area (TPSA) is 165 Å². The first-order chi connectivity index (χ1) is 8.54. The molecule has 0 aromatic rings. The van der Waals surface area contributed by atoms with Gasteiger partial charge in [0.15, 0.2) is 0 Å². The van der Waals surface area contributed by atoms with Crippen LogP contribution in [0.3, 0.4) is 0 Å². The Bertz CT molecular complexity index is 342. The SMILES string of the molecule is NNC(=O)C1CCCCC1(C(=O)NN)C(=O)NN. The molecule has 9 nitrogen and oxygen atoms in total. The Labute approximate surface area is 104 Å².